The van der Waals surface area contributed by atoms with E-state index in [-0.39, 0.29) is 11.7 Å². The van der Waals surface area contributed by atoms with Crippen molar-refractivity contribution in [3.05, 3.63) is 65.6 Å². The maximum Gasteiger partial charge on any atom is 0.289 e. The summed E-state index contributed by atoms with van der Waals surface area (Å²) in [5.41, 5.74) is 3.29. The predicted molar refractivity (Wildman–Crippen MR) is 93.4 cm³/mol. The average molecular weight is 348 g/mol. The highest BCUT2D eigenvalue weighted by Crippen LogP contribution is 2.17. The lowest BCUT2D eigenvalue weighted by Gasteiger charge is -2.06. The van der Waals surface area contributed by atoms with E-state index >= 15 is 0 Å². The van der Waals surface area contributed by atoms with Crippen LogP contribution in [-0.2, 0) is 6.54 Å². The van der Waals surface area contributed by atoms with Gasteiger partial charge in [0, 0.05) is 24.1 Å². The van der Waals surface area contributed by atoms with Gasteiger partial charge in [0.1, 0.15) is 5.69 Å². The van der Waals surface area contributed by atoms with Gasteiger partial charge < -0.3 is 9.73 Å². The van der Waals surface area contributed by atoms with Gasteiger partial charge in [-0.2, -0.15) is 0 Å². The van der Waals surface area contributed by atoms with Crippen molar-refractivity contribution in [1.82, 2.24) is 29.9 Å². The van der Waals surface area contributed by atoms with Gasteiger partial charge in [-0.25, -0.2) is 4.98 Å². The van der Waals surface area contributed by atoms with E-state index in [1.807, 2.05) is 44.2 Å². The molecule has 8 nitrogen and oxygen atoms in total. The van der Waals surface area contributed by atoms with Crippen molar-refractivity contribution in [3.8, 4) is 11.5 Å². The van der Waals surface area contributed by atoms with Gasteiger partial charge in [-0.05, 0) is 43.7 Å². The SMILES string of the molecule is Cc1cc(C)n2c(C(=O)NCc3ccc(-c4ccco4)nc3)nnc2n1. The maximum atomic E-state index is 12.5. The van der Waals surface area contributed by atoms with Crippen LogP contribution >= 0.6 is 0 Å². The highest BCUT2D eigenvalue weighted by atomic mass is 16.3. The Kier molecular flexibility index (Phi) is 3.92. The zero-order valence-electron chi connectivity index (χ0n) is 14.3. The van der Waals surface area contributed by atoms with E-state index in [1.54, 1.807) is 16.9 Å². The predicted octanol–water partition coefficient (Wildman–Crippen LogP) is 2.33. The zero-order valence-corrected chi connectivity index (χ0v) is 14.3. The van der Waals surface area contributed by atoms with Crippen molar-refractivity contribution in [3.63, 3.8) is 0 Å². The van der Waals surface area contributed by atoms with Gasteiger partial charge >= 0.3 is 0 Å². The number of amides is 1. The van der Waals surface area contributed by atoms with E-state index in [4.69, 9.17) is 4.42 Å². The Morgan fingerprint density at radius 2 is 2.12 bits per heavy atom. The molecule has 0 atom stereocenters. The molecule has 0 aliphatic carbocycles. The van der Waals surface area contributed by atoms with Gasteiger partial charge in [0.15, 0.2) is 5.76 Å². The lowest BCUT2D eigenvalue weighted by atomic mass is 10.2. The van der Waals surface area contributed by atoms with Crippen molar-refractivity contribution >= 4 is 11.7 Å². The van der Waals surface area contributed by atoms with Crippen LogP contribution in [0.2, 0.25) is 0 Å². The van der Waals surface area contributed by atoms with Gasteiger partial charge in [-0.3, -0.25) is 14.2 Å². The van der Waals surface area contributed by atoms with Crippen LogP contribution in [0.15, 0.2) is 47.2 Å². The third-order valence-electron chi connectivity index (χ3n) is 3.95. The first-order valence-electron chi connectivity index (χ1n) is 8.08. The normalized spacial score (nSPS) is 11.0. The molecule has 0 unspecified atom stereocenters. The molecule has 0 radical (unpaired) electrons. The monoisotopic (exact) mass is 348 g/mol. The first kappa shape index (κ1) is 15.9. The van der Waals surface area contributed by atoms with Gasteiger partial charge in [-0.15, -0.1) is 10.2 Å². The third-order valence-corrected chi connectivity index (χ3v) is 3.95. The molecule has 1 N–H and O–H groups in total. The molecule has 0 aliphatic heterocycles. The average Bonchev–Trinajstić information content (AvgIpc) is 3.30. The summed E-state index contributed by atoms with van der Waals surface area (Å²) in [5.74, 6) is 1.01. The van der Waals surface area contributed by atoms with Gasteiger partial charge in [0.25, 0.3) is 11.7 Å². The standard InChI is InChI=1S/C18H16N6O2/c1-11-8-12(2)24-16(22-23-18(24)21-11)17(25)20-10-13-5-6-14(19-9-13)15-4-3-7-26-15/h3-9H,10H2,1-2H3,(H,20,25). The Labute approximate surface area is 148 Å². The van der Waals surface area contributed by atoms with Crippen LogP contribution in [-0.4, -0.2) is 30.5 Å². The second-order valence-electron chi connectivity index (χ2n) is 5.91. The smallest absolute Gasteiger partial charge is 0.289 e. The molecule has 0 saturated heterocycles. The van der Waals surface area contributed by atoms with Crippen molar-refractivity contribution in [2.24, 2.45) is 0 Å². The summed E-state index contributed by atoms with van der Waals surface area (Å²) in [7, 11) is 0. The molecule has 0 saturated carbocycles. The summed E-state index contributed by atoms with van der Waals surface area (Å²) in [6.45, 7) is 4.09. The number of nitrogens with zero attached hydrogens (tertiary/aromatic N) is 5. The second kappa shape index (κ2) is 6.40. The highest BCUT2D eigenvalue weighted by molar-refractivity contribution is 5.91. The Hall–Kier alpha value is -3.55. The Morgan fingerprint density at radius 3 is 2.85 bits per heavy atom. The maximum absolute atomic E-state index is 12.5. The first-order chi connectivity index (χ1) is 12.6. The number of hydrogen-bond acceptors (Lipinski definition) is 6. The number of fused-ring (bicyclic) bond motifs is 1. The molecule has 4 heterocycles. The number of aromatic nitrogens is 5. The quantitative estimate of drug-likeness (QED) is 0.608. The number of carbonyl (C=O) groups excluding carboxylic acids is 1. The number of carbonyl (C=O) groups is 1. The van der Waals surface area contributed by atoms with Crippen molar-refractivity contribution in [1.29, 1.82) is 0 Å². The molecule has 26 heavy (non-hydrogen) atoms. The van der Waals surface area contributed by atoms with Crippen LogP contribution in [0, 0.1) is 13.8 Å². The Bertz CT molecular complexity index is 1070. The number of furan rings is 1. The van der Waals surface area contributed by atoms with E-state index < -0.39 is 0 Å². The minimum atomic E-state index is -0.318. The molecular formula is C18H16N6O2. The van der Waals surface area contributed by atoms with Crippen molar-refractivity contribution in [2.75, 3.05) is 0 Å². The molecule has 8 heteroatoms. The topological polar surface area (TPSA) is 98.2 Å². The van der Waals surface area contributed by atoms with Crippen LogP contribution < -0.4 is 5.32 Å². The number of aryl methyl sites for hydroxylation is 2. The first-order valence-corrected chi connectivity index (χ1v) is 8.08. The molecule has 0 aromatic carbocycles. The molecule has 0 spiro atoms. The van der Waals surface area contributed by atoms with Crippen LogP contribution in [0.25, 0.3) is 17.2 Å². The number of hydrogen-bond donors (Lipinski definition) is 1. The number of nitrogens with one attached hydrogen (secondary N) is 1. The summed E-state index contributed by atoms with van der Waals surface area (Å²) in [5, 5.41) is 10.8. The van der Waals surface area contributed by atoms with Gasteiger partial charge in [-0.1, -0.05) is 6.07 Å². The molecule has 0 aliphatic rings. The van der Waals surface area contributed by atoms with E-state index in [2.05, 4.69) is 25.5 Å². The summed E-state index contributed by atoms with van der Waals surface area (Å²) >= 11 is 0. The number of pyridine rings is 1. The lowest BCUT2D eigenvalue weighted by Crippen LogP contribution is -2.25. The minimum Gasteiger partial charge on any atom is -0.463 e. The molecule has 130 valence electrons. The van der Waals surface area contributed by atoms with E-state index in [1.165, 1.54) is 0 Å². The molecule has 4 rings (SSSR count). The summed E-state index contributed by atoms with van der Waals surface area (Å²) in [6, 6.07) is 9.28. The van der Waals surface area contributed by atoms with Crippen molar-refractivity contribution < 1.29 is 9.21 Å². The summed E-state index contributed by atoms with van der Waals surface area (Å²) in [6.07, 6.45) is 3.31. The molecule has 0 bridgehead atoms. The third kappa shape index (κ3) is 2.92. The van der Waals surface area contributed by atoms with Gasteiger partial charge in [0.05, 0.1) is 6.26 Å². The van der Waals surface area contributed by atoms with Crippen LogP contribution in [0.4, 0.5) is 0 Å². The second-order valence-corrected chi connectivity index (χ2v) is 5.91. The highest BCUT2D eigenvalue weighted by Gasteiger charge is 2.16. The minimum absolute atomic E-state index is 0.213. The fraction of sp³-hybridized carbons (Fsp3) is 0.167. The van der Waals surface area contributed by atoms with E-state index in [0.29, 0.717) is 18.1 Å². The largest absolute Gasteiger partial charge is 0.463 e. The summed E-state index contributed by atoms with van der Waals surface area (Å²) < 4.78 is 6.95. The van der Waals surface area contributed by atoms with Crippen LogP contribution in [0.3, 0.4) is 0 Å². The molecule has 4 aromatic heterocycles. The molecular weight excluding hydrogens is 332 g/mol. The lowest BCUT2D eigenvalue weighted by molar-refractivity contribution is 0.0939. The molecule has 0 fully saturated rings. The van der Waals surface area contributed by atoms with Crippen LogP contribution in [0.1, 0.15) is 27.6 Å². The molecule has 4 aromatic rings. The Balaban J connectivity index is 1.49. The fourth-order valence-corrected chi connectivity index (χ4v) is 2.74. The summed E-state index contributed by atoms with van der Waals surface area (Å²) in [4.78, 5) is 21.1. The van der Waals surface area contributed by atoms with Crippen molar-refractivity contribution in [2.45, 2.75) is 20.4 Å². The zero-order chi connectivity index (χ0) is 18.1. The van der Waals surface area contributed by atoms with E-state index in [0.717, 1.165) is 22.6 Å². The Morgan fingerprint density at radius 1 is 1.23 bits per heavy atom. The van der Waals surface area contributed by atoms with Crippen LogP contribution in [0.5, 0.6) is 0 Å². The van der Waals surface area contributed by atoms with Gasteiger partial charge in [0.2, 0.25) is 5.82 Å². The molecule has 1 amide bonds. The van der Waals surface area contributed by atoms with E-state index in [9.17, 15) is 4.79 Å². The fourth-order valence-electron chi connectivity index (χ4n) is 2.74. The number of rotatable bonds is 4.